The predicted octanol–water partition coefficient (Wildman–Crippen LogP) is 2.82. The first-order valence-corrected chi connectivity index (χ1v) is 5.49. The fraction of sp³-hybridized carbons (Fsp3) is 0.545. The molecule has 0 amide bonds. The minimum Gasteiger partial charge on any atom is -0.350 e. The molecule has 0 aromatic carbocycles. The SMILES string of the molecule is Cc1[nH]c(=S)ccc1[C@H]1CCCN1C. The molecule has 14 heavy (non-hydrogen) atoms. The number of aromatic nitrogens is 1. The van der Waals surface area contributed by atoms with Gasteiger partial charge in [-0.15, -0.1) is 0 Å². The number of rotatable bonds is 1. The average molecular weight is 208 g/mol. The number of hydrogen-bond acceptors (Lipinski definition) is 2. The molecule has 0 aliphatic carbocycles. The Kier molecular flexibility index (Phi) is 2.70. The molecule has 1 saturated heterocycles. The summed E-state index contributed by atoms with van der Waals surface area (Å²) in [6, 6.07) is 4.74. The third kappa shape index (κ3) is 1.74. The van der Waals surface area contributed by atoms with Gasteiger partial charge < -0.3 is 4.98 Å². The highest BCUT2D eigenvalue weighted by atomic mass is 32.1. The predicted molar refractivity (Wildman–Crippen MR) is 61.0 cm³/mol. The number of nitrogens with zero attached hydrogens (tertiary/aromatic N) is 1. The summed E-state index contributed by atoms with van der Waals surface area (Å²) in [5.74, 6) is 0. The topological polar surface area (TPSA) is 19.0 Å². The zero-order valence-electron chi connectivity index (χ0n) is 8.71. The fourth-order valence-electron chi connectivity index (χ4n) is 2.25. The van der Waals surface area contributed by atoms with E-state index >= 15 is 0 Å². The summed E-state index contributed by atoms with van der Waals surface area (Å²) in [5.41, 5.74) is 2.62. The molecule has 0 spiro atoms. The van der Waals surface area contributed by atoms with Gasteiger partial charge in [0, 0.05) is 11.7 Å². The minimum absolute atomic E-state index is 0.585. The Morgan fingerprint density at radius 2 is 2.29 bits per heavy atom. The summed E-state index contributed by atoms with van der Waals surface area (Å²) in [5, 5.41) is 0. The van der Waals surface area contributed by atoms with Gasteiger partial charge >= 0.3 is 0 Å². The standard InChI is InChI=1S/C11H16N2S/c1-8-9(5-6-11(14)12-8)10-4-3-7-13(10)2/h5-6,10H,3-4,7H2,1-2H3,(H,12,14)/t10-/m1/s1. The summed E-state index contributed by atoms with van der Waals surface area (Å²) in [6.45, 7) is 3.32. The normalized spacial score (nSPS) is 22.9. The Morgan fingerprint density at radius 3 is 2.86 bits per heavy atom. The fourth-order valence-corrected chi connectivity index (χ4v) is 2.47. The number of aryl methyl sites for hydroxylation is 1. The van der Waals surface area contributed by atoms with Crippen molar-refractivity contribution >= 4 is 12.2 Å². The van der Waals surface area contributed by atoms with Crippen molar-refractivity contribution in [2.45, 2.75) is 25.8 Å². The van der Waals surface area contributed by atoms with Crippen molar-refractivity contribution in [2.24, 2.45) is 0 Å². The van der Waals surface area contributed by atoms with Crippen LogP contribution in [0.1, 0.15) is 30.1 Å². The summed E-state index contributed by atoms with van der Waals surface area (Å²) in [7, 11) is 2.19. The Morgan fingerprint density at radius 1 is 1.50 bits per heavy atom. The number of likely N-dealkylation sites (tertiary alicyclic amines) is 1. The highest BCUT2D eigenvalue weighted by molar-refractivity contribution is 7.71. The van der Waals surface area contributed by atoms with Crippen LogP contribution in [-0.2, 0) is 0 Å². The molecule has 1 aromatic rings. The van der Waals surface area contributed by atoms with Crippen LogP contribution >= 0.6 is 12.2 Å². The molecule has 0 radical (unpaired) electrons. The third-order valence-electron chi connectivity index (χ3n) is 3.04. The largest absolute Gasteiger partial charge is 0.350 e. The van der Waals surface area contributed by atoms with Crippen LogP contribution in [0.25, 0.3) is 0 Å². The van der Waals surface area contributed by atoms with Gasteiger partial charge in [-0.25, -0.2) is 0 Å². The number of nitrogens with one attached hydrogen (secondary N) is 1. The molecule has 1 aliphatic heterocycles. The first kappa shape index (κ1) is 9.87. The summed E-state index contributed by atoms with van der Waals surface area (Å²) in [4.78, 5) is 5.64. The Labute approximate surface area is 90.0 Å². The van der Waals surface area contributed by atoms with Crippen LogP contribution in [0.15, 0.2) is 12.1 Å². The first-order valence-electron chi connectivity index (χ1n) is 5.08. The molecule has 1 atom stereocenters. The molecule has 76 valence electrons. The van der Waals surface area contributed by atoms with E-state index in [9.17, 15) is 0 Å². The maximum absolute atomic E-state index is 5.09. The van der Waals surface area contributed by atoms with E-state index < -0.39 is 0 Å². The maximum Gasteiger partial charge on any atom is 0.103 e. The van der Waals surface area contributed by atoms with Gasteiger partial charge in [0.05, 0.1) is 0 Å². The van der Waals surface area contributed by atoms with Crippen LogP contribution < -0.4 is 0 Å². The smallest absolute Gasteiger partial charge is 0.103 e. The number of hydrogen-bond donors (Lipinski definition) is 1. The van der Waals surface area contributed by atoms with E-state index in [2.05, 4.69) is 29.9 Å². The van der Waals surface area contributed by atoms with E-state index in [-0.39, 0.29) is 0 Å². The van der Waals surface area contributed by atoms with Crippen LogP contribution in [-0.4, -0.2) is 23.5 Å². The average Bonchev–Trinajstić information content (AvgIpc) is 2.52. The molecular weight excluding hydrogens is 192 g/mol. The van der Waals surface area contributed by atoms with Gasteiger partial charge in [0.2, 0.25) is 0 Å². The van der Waals surface area contributed by atoms with E-state index in [4.69, 9.17) is 12.2 Å². The van der Waals surface area contributed by atoms with E-state index in [0.29, 0.717) is 6.04 Å². The molecule has 0 saturated carbocycles. The lowest BCUT2D eigenvalue weighted by Gasteiger charge is -2.21. The second-order valence-corrected chi connectivity index (χ2v) is 4.48. The van der Waals surface area contributed by atoms with Crippen LogP contribution in [0.5, 0.6) is 0 Å². The maximum atomic E-state index is 5.09. The van der Waals surface area contributed by atoms with Gasteiger partial charge in [-0.05, 0) is 45.0 Å². The van der Waals surface area contributed by atoms with Crippen LogP contribution in [0.4, 0.5) is 0 Å². The Bertz CT molecular complexity index is 383. The van der Waals surface area contributed by atoms with Gasteiger partial charge in [0.1, 0.15) is 4.64 Å². The van der Waals surface area contributed by atoms with E-state index in [1.807, 2.05) is 6.07 Å². The van der Waals surface area contributed by atoms with E-state index in [1.54, 1.807) is 0 Å². The van der Waals surface area contributed by atoms with Gasteiger partial charge in [0.25, 0.3) is 0 Å². The number of pyridine rings is 1. The van der Waals surface area contributed by atoms with Crippen molar-refractivity contribution < 1.29 is 0 Å². The van der Waals surface area contributed by atoms with Crippen molar-refractivity contribution in [1.29, 1.82) is 0 Å². The molecule has 0 unspecified atom stereocenters. The summed E-state index contributed by atoms with van der Waals surface area (Å²) < 4.78 is 0.826. The first-order chi connectivity index (χ1) is 6.68. The van der Waals surface area contributed by atoms with Gasteiger partial charge in [0.15, 0.2) is 0 Å². The zero-order chi connectivity index (χ0) is 10.1. The third-order valence-corrected chi connectivity index (χ3v) is 3.28. The molecule has 2 rings (SSSR count). The summed E-state index contributed by atoms with van der Waals surface area (Å²) >= 11 is 5.09. The molecule has 1 aromatic heterocycles. The Hall–Kier alpha value is -0.670. The quantitative estimate of drug-likeness (QED) is 0.716. The van der Waals surface area contributed by atoms with Crippen molar-refractivity contribution in [2.75, 3.05) is 13.6 Å². The van der Waals surface area contributed by atoms with E-state index in [0.717, 1.165) is 4.64 Å². The molecule has 1 aliphatic rings. The lowest BCUT2D eigenvalue weighted by atomic mass is 10.0. The highest BCUT2D eigenvalue weighted by Gasteiger charge is 2.23. The summed E-state index contributed by atoms with van der Waals surface area (Å²) in [6.07, 6.45) is 2.57. The Balaban J connectivity index is 2.36. The molecule has 3 heteroatoms. The molecule has 2 nitrogen and oxygen atoms in total. The molecule has 1 fully saturated rings. The monoisotopic (exact) mass is 208 g/mol. The van der Waals surface area contributed by atoms with Crippen LogP contribution in [0.2, 0.25) is 0 Å². The van der Waals surface area contributed by atoms with Crippen molar-refractivity contribution in [3.05, 3.63) is 28.0 Å². The van der Waals surface area contributed by atoms with Crippen molar-refractivity contribution in [3.8, 4) is 0 Å². The molecule has 1 N–H and O–H groups in total. The second kappa shape index (κ2) is 3.83. The van der Waals surface area contributed by atoms with Gasteiger partial charge in [-0.3, -0.25) is 4.90 Å². The highest BCUT2D eigenvalue weighted by Crippen LogP contribution is 2.31. The minimum atomic E-state index is 0.585. The number of H-pyrrole nitrogens is 1. The molecule has 2 heterocycles. The van der Waals surface area contributed by atoms with Gasteiger partial charge in [-0.2, -0.15) is 0 Å². The van der Waals surface area contributed by atoms with Crippen LogP contribution in [0.3, 0.4) is 0 Å². The molecular formula is C11H16N2S. The van der Waals surface area contributed by atoms with Crippen molar-refractivity contribution in [1.82, 2.24) is 9.88 Å². The zero-order valence-corrected chi connectivity index (χ0v) is 9.53. The van der Waals surface area contributed by atoms with Crippen LogP contribution in [0, 0.1) is 11.6 Å². The van der Waals surface area contributed by atoms with Gasteiger partial charge in [-0.1, -0.05) is 18.3 Å². The second-order valence-electron chi connectivity index (χ2n) is 4.04. The lowest BCUT2D eigenvalue weighted by Crippen LogP contribution is -2.18. The van der Waals surface area contributed by atoms with Crippen molar-refractivity contribution in [3.63, 3.8) is 0 Å². The number of aromatic amines is 1. The molecule has 0 bridgehead atoms. The van der Waals surface area contributed by atoms with E-state index in [1.165, 1.54) is 30.6 Å². The lowest BCUT2D eigenvalue weighted by molar-refractivity contribution is 0.316.